The van der Waals surface area contributed by atoms with Crippen LogP contribution in [0.5, 0.6) is 0 Å². The third kappa shape index (κ3) is 4.66. The van der Waals surface area contributed by atoms with E-state index in [-0.39, 0.29) is 22.2 Å². The van der Waals surface area contributed by atoms with Crippen molar-refractivity contribution in [2.45, 2.75) is 25.8 Å². The maximum Gasteiger partial charge on any atom is 0.304 e. The highest BCUT2D eigenvalue weighted by Crippen LogP contribution is 2.40. The van der Waals surface area contributed by atoms with Crippen molar-refractivity contribution in [2.24, 2.45) is 17.8 Å². The molecule has 1 aliphatic rings. The standard InChI is InChI=1S/C17H16Cl2N2O7/c1-7-4-12(22)9(6-13(23)24)14(7)15(21(27)28)16(25)17(26)20-11-5-8(18)2-3-10(11)19/h2-3,5,7,9,14-15H,4,6H2,1H3,(H,20,26)(H,23,24)/t7-,9+,14+,15-/m0/s1. The number of halogens is 2. The fourth-order valence-corrected chi connectivity index (χ4v) is 3.84. The summed E-state index contributed by atoms with van der Waals surface area (Å²) >= 11 is 11.7. The van der Waals surface area contributed by atoms with E-state index in [1.165, 1.54) is 25.1 Å². The first-order chi connectivity index (χ1) is 13.0. The van der Waals surface area contributed by atoms with Crippen molar-refractivity contribution in [3.63, 3.8) is 0 Å². The van der Waals surface area contributed by atoms with Crippen LogP contribution in [-0.4, -0.2) is 39.5 Å². The molecule has 2 rings (SSSR count). The number of nitrogens with one attached hydrogen (secondary N) is 1. The molecule has 0 radical (unpaired) electrons. The molecule has 0 heterocycles. The number of Topliss-reactive ketones (excluding diaryl/α,β-unsaturated/α-hetero) is 2. The number of benzene rings is 1. The summed E-state index contributed by atoms with van der Waals surface area (Å²) in [4.78, 5) is 58.7. The Hall–Kier alpha value is -2.52. The lowest BCUT2D eigenvalue weighted by molar-refractivity contribution is -0.518. The first-order valence-electron chi connectivity index (χ1n) is 8.21. The van der Waals surface area contributed by atoms with Gasteiger partial charge in [0.1, 0.15) is 5.78 Å². The van der Waals surface area contributed by atoms with Crippen molar-refractivity contribution in [3.8, 4) is 0 Å². The number of aliphatic carboxylic acids is 1. The van der Waals surface area contributed by atoms with Crippen LogP contribution in [0.2, 0.25) is 10.0 Å². The topological polar surface area (TPSA) is 144 Å². The molecule has 2 N–H and O–H groups in total. The summed E-state index contributed by atoms with van der Waals surface area (Å²) in [6.45, 7) is 1.51. The Morgan fingerprint density at radius 1 is 1.36 bits per heavy atom. The molecule has 0 aliphatic heterocycles. The van der Waals surface area contributed by atoms with Crippen molar-refractivity contribution >= 4 is 52.3 Å². The highest BCUT2D eigenvalue weighted by molar-refractivity contribution is 6.44. The Bertz CT molecular complexity index is 858. The third-order valence-corrected chi connectivity index (χ3v) is 5.28. The van der Waals surface area contributed by atoms with Gasteiger partial charge in [0, 0.05) is 28.2 Å². The zero-order valence-electron chi connectivity index (χ0n) is 14.6. The molecule has 0 aromatic heterocycles. The molecule has 150 valence electrons. The molecule has 9 nitrogen and oxygen atoms in total. The molecule has 1 saturated carbocycles. The predicted molar refractivity (Wildman–Crippen MR) is 98.9 cm³/mol. The van der Waals surface area contributed by atoms with E-state index in [2.05, 4.69) is 5.32 Å². The van der Waals surface area contributed by atoms with Crippen molar-refractivity contribution in [3.05, 3.63) is 38.4 Å². The van der Waals surface area contributed by atoms with Crippen LogP contribution >= 0.6 is 23.2 Å². The van der Waals surface area contributed by atoms with Crippen LogP contribution in [0.1, 0.15) is 19.8 Å². The van der Waals surface area contributed by atoms with Gasteiger partial charge in [-0.15, -0.1) is 0 Å². The number of carbonyl (C=O) groups excluding carboxylic acids is 3. The van der Waals surface area contributed by atoms with Crippen molar-refractivity contribution in [2.75, 3.05) is 5.32 Å². The summed E-state index contributed by atoms with van der Waals surface area (Å²) in [5.41, 5.74) is -0.00718. The van der Waals surface area contributed by atoms with Crippen molar-refractivity contribution in [1.29, 1.82) is 0 Å². The van der Waals surface area contributed by atoms with E-state index < -0.39 is 58.6 Å². The van der Waals surface area contributed by atoms with Gasteiger partial charge in [0.2, 0.25) is 0 Å². The SMILES string of the molecule is C[C@H]1CC(=O)[C@@H](CC(=O)O)[C@@H]1[C@@H](C(=O)C(=O)Nc1cc(Cl)ccc1Cl)[N+](=O)[O-]. The molecular formula is C17H16Cl2N2O7. The Balaban J connectivity index is 2.31. The van der Waals surface area contributed by atoms with E-state index in [0.29, 0.717) is 0 Å². The number of carboxylic acid groups (broad SMARTS) is 1. The van der Waals surface area contributed by atoms with Gasteiger partial charge in [-0.2, -0.15) is 0 Å². The summed E-state index contributed by atoms with van der Waals surface area (Å²) < 4.78 is 0. The van der Waals surface area contributed by atoms with Crippen LogP contribution in [-0.2, 0) is 19.2 Å². The quantitative estimate of drug-likeness (QED) is 0.383. The van der Waals surface area contributed by atoms with Gasteiger partial charge in [-0.1, -0.05) is 30.1 Å². The lowest BCUT2D eigenvalue weighted by atomic mass is 9.80. The number of anilines is 1. The van der Waals surface area contributed by atoms with E-state index in [1.807, 2.05) is 0 Å². The van der Waals surface area contributed by atoms with Crippen LogP contribution in [0.3, 0.4) is 0 Å². The van der Waals surface area contributed by atoms with E-state index >= 15 is 0 Å². The van der Waals surface area contributed by atoms with Crippen LogP contribution in [0.4, 0.5) is 5.69 Å². The van der Waals surface area contributed by atoms with Gasteiger partial charge in [-0.3, -0.25) is 29.3 Å². The monoisotopic (exact) mass is 430 g/mol. The predicted octanol–water partition coefficient (Wildman–Crippen LogP) is 2.46. The van der Waals surface area contributed by atoms with Gasteiger partial charge in [0.25, 0.3) is 17.7 Å². The lowest BCUT2D eigenvalue weighted by Gasteiger charge is -2.22. The molecule has 1 amide bonds. The molecule has 0 spiro atoms. The molecule has 1 aliphatic carbocycles. The minimum Gasteiger partial charge on any atom is -0.481 e. The van der Waals surface area contributed by atoms with E-state index in [1.54, 1.807) is 0 Å². The number of ketones is 2. The van der Waals surface area contributed by atoms with Crippen LogP contribution < -0.4 is 5.32 Å². The minimum atomic E-state index is -2.05. The second kappa shape index (κ2) is 8.66. The average molecular weight is 431 g/mol. The molecule has 0 saturated heterocycles. The molecule has 0 bridgehead atoms. The van der Waals surface area contributed by atoms with Crippen molar-refractivity contribution < 1.29 is 29.2 Å². The Morgan fingerprint density at radius 3 is 2.57 bits per heavy atom. The third-order valence-electron chi connectivity index (χ3n) is 4.71. The van der Waals surface area contributed by atoms with Crippen LogP contribution in [0, 0.1) is 27.9 Å². The summed E-state index contributed by atoms with van der Waals surface area (Å²) in [5, 5.41) is 23.1. The highest BCUT2D eigenvalue weighted by Gasteiger charge is 2.54. The Morgan fingerprint density at radius 2 is 2.00 bits per heavy atom. The summed E-state index contributed by atoms with van der Waals surface area (Å²) in [5.74, 6) is -7.52. The van der Waals surface area contributed by atoms with Gasteiger partial charge in [-0.05, 0) is 24.1 Å². The first kappa shape index (κ1) is 21.8. The van der Waals surface area contributed by atoms with E-state index in [4.69, 9.17) is 28.3 Å². The zero-order chi connectivity index (χ0) is 21.2. The smallest absolute Gasteiger partial charge is 0.304 e. The zero-order valence-corrected chi connectivity index (χ0v) is 16.1. The van der Waals surface area contributed by atoms with Gasteiger partial charge in [0.05, 0.1) is 17.1 Å². The van der Waals surface area contributed by atoms with Gasteiger partial charge < -0.3 is 10.4 Å². The van der Waals surface area contributed by atoms with E-state index in [9.17, 15) is 29.3 Å². The largest absolute Gasteiger partial charge is 0.481 e. The Kier molecular flexibility index (Phi) is 6.73. The van der Waals surface area contributed by atoms with Crippen LogP contribution in [0.15, 0.2) is 18.2 Å². The number of hydrogen-bond donors (Lipinski definition) is 2. The molecule has 4 atom stereocenters. The summed E-state index contributed by atoms with van der Waals surface area (Å²) in [7, 11) is 0. The molecule has 1 aromatic rings. The molecule has 11 heteroatoms. The summed E-state index contributed by atoms with van der Waals surface area (Å²) in [6.07, 6.45) is -0.741. The lowest BCUT2D eigenvalue weighted by Crippen LogP contribution is -2.46. The van der Waals surface area contributed by atoms with Gasteiger partial charge >= 0.3 is 5.97 Å². The second-order valence-corrected chi connectivity index (χ2v) is 7.45. The number of carboxylic acids is 1. The minimum absolute atomic E-state index is 0.00718. The maximum atomic E-state index is 12.6. The fourth-order valence-electron chi connectivity index (χ4n) is 3.51. The molecular weight excluding hydrogens is 415 g/mol. The highest BCUT2D eigenvalue weighted by atomic mass is 35.5. The molecule has 1 fully saturated rings. The number of carbonyl (C=O) groups is 4. The molecule has 28 heavy (non-hydrogen) atoms. The van der Waals surface area contributed by atoms with Gasteiger partial charge in [0.15, 0.2) is 0 Å². The van der Waals surface area contributed by atoms with Crippen molar-refractivity contribution in [1.82, 2.24) is 0 Å². The second-order valence-electron chi connectivity index (χ2n) is 6.60. The van der Waals surface area contributed by atoms with E-state index in [0.717, 1.165) is 0 Å². The van der Waals surface area contributed by atoms with Gasteiger partial charge in [-0.25, -0.2) is 0 Å². The molecule has 1 aromatic carbocycles. The number of amides is 1. The fraction of sp³-hybridized carbons (Fsp3) is 0.412. The average Bonchev–Trinajstić information content (AvgIpc) is 2.84. The number of rotatable bonds is 7. The maximum absolute atomic E-state index is 12.6. The summed E-state index contributed by atoms with van der Waals surface area (Å²) in [6, 6.07) is 2.04. The Labute approximate surface area is 169 Å². The molecule has 0 unspecified atom stereocenters. The normalized spacial score (nSPS) is 22.5. The number of nitro groups is 1. The van der Waals surface area contributed by atoms with Crippen LogP contribution in [0.25, 0.3) is 0 Å². The first-order valence-corrected chi connectivity index (χ1v) is 8.96. The number of hydrogen-bond acceptors (Lipinski definition) is 6. The number of nitrogens with zero attached hydrogens (tertiary/aromatic N) is 1.